The molecule has 0 atom stereocenters. The molecule has 0 saturated carbocycles. The summed E-state index contributed by atoms with van der Waals surface area (Å²) in [5.74, 6) is 0.124. The van der Waals surface area contributed by atoms with E-state index in [0.717, 1.165) is 0 Å². The number of rotatable bonds is 5. The minimum absolute atomic E-state index is 0.124. The summed E-state index contributed by atoms with van der Waals surface area (Å²) in [5, 5.41) is 3.80. The molecule has 7 heteroatoms. The summed E-state index contributed by atoms with van der Waals surface area (Å²) in [6.07, 6.45) is 0. The Morgan fingerprint density at radius 2 is 1.81 bits per heavy atom. The zero-order valence-corrected chi connectivity index (χ0v) is 13.6. The molecule has 0 spiro atoms. The van der Waals surface area contributed by atoms with Crippen molar-refractivity contribution in [3.05, 3.63) is 56.5 Å². The molecule has 0 heterocycles. The highest BCUT2D eigenvalue weighted by molar-refractivity contribution is 9.10. The van der Waals surface area contributed by atoms with Gasteiger partial charge in [-0.15, -0.1) is 0 Å². The van der Waals surface area contributed by atoms with Gasteiger partial charge in [0.15, 0.2) is 0 Å². The van der Waals surface area contributed by atoms with E-state index in [1.54, 1.807) is 30.3 Å². The van der Waals surface area contributed by atoms with Crippen molar-refractivity contribution in [2.24, 2.45) is 0 Å². The van der Waals surface area contributed by atoms with E-state index in [1.807, 2.05) is 0 Å². The maximum atomic E-state index is 12.3. The third-order valence-corrected chi connectivity index (χ3v) is 4.46. The first-order chi connectivity index (χ1) is 9.99. The summed E-state index contributed by atoms with van der Waals surface area (Å²) in [7, 11) is 0. The van der Waals surface area contributed by atoms with E-state index in [9.17, 15) is 8.78 Å². The van der Waals surface area contributed by atoms with Crippen LogP contribution in [0, 0.1) is 0 Å². The van der Waals surface area contributed by atoms with E-state index in [0.29, 0.717) is 25.8 Å². The molecule has 2 nitrogen and oxygen atoms in total. The van der Waals surface area contributed by atoms with Gasteiger partial charge in [0.1, 0.15) is 5.75 Å². The molecule has 0 aliphatic rings. The molecule has 0 fully saturated rings. The molecule has 0 aromatic heterocycles. The zero-order valence-electron chi connectivity index (χ0n) is 10.5. The zero-order chi connectivity index (χ0) is 15.4. The summed E-state index contributed by atoms with van der Waals surface area (Å²) in [5.41, 5.74) is 1.20. The Bertz CT molecular complexity index is 640. The second kappa shape index (κ2) is 7.29. The first-order valence-electron chi connectivity index (χ1n) is 5.89. The molecule has 0 saturated heterocycles. The highest BCUT2D eigenvalue weighted by atomic mass is 79.9. The lowest BCUT2D eigenvalue weighted by Crippen LogP contribution is -2.07. The Hall–Kier alpha value is -1.04. The number of hydrogen-bond acceptors (Lipinski definition) is 2. The summed E-state index contributed by atoms with van der Waals surface area (Å²) in [4.78, 5) is 0. The predicted molar refractivity (Wildman–Crippen MR) is 84.6 cm³/mol. The van der Waals surface area contributed by atoms with Crippen molar-refractivity contribution < 1.29 is 13.5 Å². The second-order valence-corrected chi connectivity index (χ2v) is 5.67. The van der Waals surface area contributed by atoms with Gasteiger partial charge in [0.25, 0.3) is 0 Å². The highest BCUT2D eigenvalue weighted by Gasteiger charge is 2.11. The highest BCUT2D eigenvalue weighted by Crippen LogP contribution is 2.36. The SMILES string of the molecule is FC(F)Oc1ccccc1CNc1ccc(Br)c(Cl)c1Cl. The van der Waals surface area contributed by atoms with Crippen molar-refractivity contribution in [1.29, 1.82) is 0 Å². The molecule has 0 radical (unpaired) electrons. The van der Waals surface area contributed by atoms with Crippen molar-refractivity contribution in [2.75, 3.05) is 5.32 Å². The number of ether oxygens (including phenoxy) is 1. The van der Waals surface area contributed by atoms with Crippen molar-refractivity contribution in [2.45, 2.75) is 13.2 Å². The fourth-order valence-electron chi connectivity index (χ4n) is 1.71. The van der Waals surface area contributed by atoms with Crippen LogP contribution in [0.25, 0.3) is 0 Å². The first-order valence-corrected chi connectivity index (χ1v) is 7.44. The number of hydrogen-bond donors (Lipinski definition) is 1. The van der Waals surface area contributed by atoms with Crippen LogP contribution >= 0.6 is 39.1 Å². The van der Waals surface area contributed by atoms with Crippen LogP contribution < -0.4 is 10.1 Å². The molecule has 1 N–H and O–H groups in total. The number of benzene rings is 2. The van der Waals surface area contributed by atoms with Crippen LogP contribution in [0.2, 0.25) is 10.0 Å². The van der Waals surface area contributed by atoms with Crippen molar-refractivity contribution in [3.8, 4) is 5.75 Å². The van der Waals surface area contributed by atoms with E-state index in [4.69, 9.17) is 23.2 Å². The van der Waals surface area contributed by atoms with Crippen molar-refractivity contribution in [1.82, 2.24) is 0 Å². The Labute approximate surface area is 139 Å². The number of nitrogens with one attached hydrogen (secondary N) is 1. The summed E-state index contributed by atoms with van der Waals surface area (Å²) in [6.45, 7) is -2.59. The quantitative estimate of drug-likeness (QED) is 0.628. The van der Waals surface area contributed by atoms with E-state index in [2.05, 4.69) is 26.0 Å². The molecule has 0 aliphatic heterocycles. The smallest absolute Gasteiger partial charge is 0.387 e. The maximum Gasteiger partial charge on any atom is 0.387 e. The average molecular weight is 397 g/mol. The van der Waals surface area contributed by atoms with Gasteiger partial charge >= 0.3 is 6.61 Å². The Morgan fingerprint density at radius 1 is 1.10 bits per heavy atom. The van der Waals surface area contributed by atoms with Gasteiger partial charge in [0, 0.05) is 16.6 Å². The Morgan fingerprint density at radius 3 is 2.52 bits per heavy atom. The molecule has 0 unspecified atom stereocenters. The third-order valence-electron chi connectivity index (χ3n) is 2.69. The van der Waals surface area contributed by atoms with Crippen LogP contribution in [0.1, 0.15) is 5.56 Å². The average Bonchev–Trinajstić information content (AvgIpc) is 2.45. The molecule has 2 aromatic carbocycles. The van der Waals surface area contributed by atoms with Gasteiger partial charge < -0.3 is 10.1 Å². The Kier molecular flexibility index (Phi) is 5.67. The standard InChI is InChI=1S/C14H10BrCl2F2NO/c15-9-5-6-10(13(17)12(9)16)20-7-8-3-1-2-4-11(8)21-14(18)19/h1-6,14,20H,7H2. The van der Waals surface area contributed by atoms with Crippen molar-refractivity contribution in [3.63, 3.8) is 0 Å². The number of para-hydroxylation sites is 1. The Balaban J connectivity index is 2.15. The van der Waals surface area contributed by atoms with Gasteiger partial charge in [-0.1, -0.05) is 41.4 Å². The molecule has 0 bridgehead atoms. The van der Waals surface area contributed by atoms with Gasteiger partial charge in [0.2, 0.25) is 0 Å². The fraction of sp³-hybridized carbons (Fsp3) is 0.143. The largest absolute Gasteiger partial charge is 0.434 e. The first kappa shape index (κ1) is 16.3. The van der Waals surface area contributed by atoms with E-state index >= 15 is 0 Å². The van der Waals surface area contributed by atoms with Gasteiger partial charge in [-0.05, 0) is 34.1 Å². The number of halogens is 5. The molecule has 2 rings (SSSR count). The van der Waals surface area contributed by atoms with Crippen molar-refractivity contribution >= 4 is 44.8 Å². The normalized spacial score (nSPS) is 10.8. The summed E-state index contributed by atoms with van der Waals surface area (Å²) < 4.78 is 29.8. The summed E-state index contributed by atoms with van der Waals surface area (Å²) >= 11 is 15.4. The third kappa shape index (κ3) is 4.22. The molecule has 0 amide bonds. The van der Waals surface area contributed by atoms with Crippen LogP contribution in [-0.2, 0) is 6.54 Å². The van der Waals surface area contributed by atoms with E-state index in [1.165, 1.54) is 6.07 Å². The van der Waals surface area contributed by atoms with E-state index < -0.39 is 6.61 Å². The van der Waals surface area contributed by atoms with Crippen LogP contribution in [0.15, 0.2) is 40.9 Å². The summed E-state index contributed by atoms with van der Waals surface area (Å²) in [6, 6.07) is 10.0. The van der Waals surface area contributed by atoms with Crippen LogP contribution in [-0.4, -0.2) is 6.61 Å². The van der Waals surface area contributed by atoms with Gasteiger partial charge in [-0.2, -0.15) is 8.78 Å². The van der Waals surface area contributed by atoms with Crippen LogP contribution in [0.5, 0.6) is 5.75 Å². The minimum Gasteiger partial charge on any atom is -0.434 e. The van der Waals surface area contributed by atoms with Crippen LogP contribution in [0.4, 0.5) is 14.5 Å². The monoisotopic (exact) mass is 395 g/mol. The van der Waals surface area contributed by atoms with Gasteiger partial charge in [0.05, 0.1) is 15.7 Å². The number of alkyl halides is 2. The molecular weight excluding hydrogens is 387 g/mol. The van der Waals surface area contributed by atoms with Crippen LogP contribution in [0.3, 0.4) is 0 Å². The predicted octanol–water partition coefficient (Wildman–Crippen LogP) is 5.97. The molecule has 2 aromatic rings. The topological polar surface area (TPSA) is 21.3 Å². The molecule has 0 aliphatic carbocycles. The number of anilines is 1. The second-order valence-electron chi connectivity index (χ2n) is 4.06. The maximum absolute atomic E-state index is 12.3. The molecule has 112 valence electrons. The van der Waals surface area contributed by atoms with E-state index in [-0.39, 0.29) is 12.3 Å². The fourth-order valence-corrected chi connectivity index (χ4v) is 2.55. The van der Waals surface area contributed by atoms with Gasteiger partial charge in [-0.3, -0.25) is 0 Å². The van der Waals surface area contributed by atoms with Gasteiger partial charge in [-0.25, -0.2) is 0 Å². The molecular formula is C14H10BrCl2F2NO. The minimum atomic E-state index is -2.86. The lowest BCUT2D eigenvalue weighted by atomic mass is 10.2. The molecule has 21 heavy (non-hydrogen) atoms. The lowest BCUT2D eigenvalue weighted by Gasteiger charge is -2.13. The lowest BCUT2D eigenvalue weighted by molar-refractivity contribution is -0.0504.